The van der Waals surface area contributed by atoms with Crippen molar-refractivity contribution in [1.29, 1.82) is 0 Å². The number of halogens is 3. The number of hydrogen-bond acceptors (Lipinski definition) is 3. The van der Waals surface area contributed by atoms with Gasteiger partial charge in [-0.15, -0.1) is 0 Å². The molecule has 0 aliphatic carbocycles. The van der Waals surface area contributed by atoms with Crippen molar-refractivity contribution in [3.63, 3.8) is 0 Å². The van der Waals surface area contributed by atoms with Crippen molar-refractivity contribution in [2.24, 2.45) is 0 Å². The summed E-state index contributed by atoms with van der Waals surface area (Å²) in [5.41, 5.74) is 0.617. The molecule has 0 atom stereocenters. The number of benzene rings is 2. The quantitative estimate of drug-likeness (QED) is 0.655. The molecule has 146 valence electrons. The summed E-state index contributed by atoms with van der Waals surface area (Å²) in [6.07, 6.45) is 0.440. The van der Waals surface area contributed by atoms with Crippen molar-refractivity contribution in [3.05, 3.63) is 64.1 Å². The molecular weight excluding hydrogens is 442 g/mol. The number of carbonyl (C=O) groups excluding carboxylic acids is 1. The zero-order chi connectivity index (χ0) is 20.0. The average molecular weight is 461 g/mol. The average Bonchev–Trinajstić information content (AvgIpc) is 2.59. The Hall–Kier alpha value is -1.84. The van der Waals surface area contributed by atoms with E-state index in [1.807, 2.05) is 0 Å². The molecule has 1 N–H and O–H groups in total. The van der Waals surface area contributed by atoms with Crippen LogP contribution < -0.4 is 5.32 Å². The molecule has 2 aromatic rings. The van der Waals surface area contributed by atoms with Crippen LogP contribution in [0.25, 0.3) is 0 Å². The summed E-state index contributed by atoms with van der Waals surface area (Å²) >= 11 is 3.18. The number of nitrogens with one attached hydrogen (secondary N) is 1. The SMILES string of the molecule is CN(CCCC(=O)NCc1cc(F)cc(Br)c1)S(=O)(=O)c1ccc(F)cc1. The van der Waals surface area contributed by atoms with Gasteiger partial charge >= 0.3 is 0 Å². The van der Waals surface area contributed by atoms with E-state index in [1.54, 1.807) is 6.07 Å². The van der Waals surface area contributed by atoms with Crippen molar-refractivity contribution in [2.75, 3.05) is 13.6 Å². The highest BCUT2D eigenvalue weighted by Crippen LogP contribution is 2.16. The van der Waals surface area contributed by atoms with Gasteiger partial charge in [0.15, 0.2) is 0 Å². The van der Waals surface area contributed by atoms with E-state index >= 15 is 0 Å². The second kappa shape index (κ2) is 9.38. The largest absolute Gasteiger partial charge is 0.352 e. The smallest absolute Gasteiger partial charge is 0.242 e. The first kappa shape index (κ1) is 21.5. The van der Waals surface area contributed by atoms with Gasteiger partial charge in [0.25, 0.3) is 0 Å². The predicted molar refractivity (Wildman–Crippen MR) is 101 cm³/mol. The zero-order valence-electron chi connectivity index (χ0n) is 14.6. The van der Waals surface area contributed by atoms with E-state index in [2.05, 4.69) is 21.2 Å². The second-order valence-corrected chi connectivity index (χ2v) is 8.90. The number of nitrogens with zero attached hydrogens (tertiary/aromatic N) is 1. The lowest BCUT2D eigenvalue weighted by atomic mass is 10.2. The maximum atomic E-state index is 13.3. The van der Waals surface area contributed by atoms with Gasteiger partial charge in [0.05, 0.1) is 4.90 Å². The van der Waals surface area contributed by atoms with Gasteiger partial charge in [-0.05, 0) is 54.4 Å². The molecule has 0 bridgehead atoms. The second-order valence-electron chi connectivity index (χ2n) is 5.94. The topological polar surface area (TPSA) is 66.5 Å². The molecule has 0 fully saturated rings. The van der Waals surface area contributed by atoms with E-state index in [1.165, 1.54) is 31.3 Å². The van der Waals surface area contributed by atoms with Crippen molar-refractivity contribution in [1.82, 2.24) is 9.62 Å². The summed E-state index contributed by atoms with van der Waals surface area (Å²) in [4.78, 5) is 11.9. The molecule has 0 spiro atoms. The fourth-order valence-electron chi connectivity index (χ4n) is 2.37. The van der Waals surface area contributed by atoms with Gasteiger partial charge in [-0.2, -0.15) is 0 Å². The van der Waals surface area contributed by atoms with Crippen LogP contribution in [0.5, 0.6) is 0 Å². The minimum atomic E-state index is -3.73. The Balaban J connectivity index is 1.80. The van der Waals surface area contributed by atoms with Gasteiger partial charge in [-0.25, -0.2) is 21.5 Å². The molecule has 0 aliphatic rings. The molecule has 0 aliphatic heterocycles. The van der Waals surface area contributed by atoms with Crippen LogP contribution in [0.2, 0.25) is 0 Å². The fraction of sp³-hybridized carbons (Fsp3) is 0.278. The molecule has 1 amide bonds. The summed E-state index contributed by atoms with van der Waals surface area (Å²) in [5.74, 6) is -1.18. The lowest BCUT2D eigenvalue weighted by Gasteiger charge is -2.17. The summed E-state index contributed by atoms with van der Waals surface area (Å²) in [6.45, 7) is 0.317. The first-order valence-corrected chi connectivity index (χ1v) is 10.4. The van der Waals surface area contributed by atoms with E-state index in [-0.39, 0.29) is 30.3 Å². The lowest BCUT2D eigenvalue weighted by Crippen LogP contribution is -2.29. The molecule has 0 radical (unpaired) electrons. The molecule has 0 saturated carbocycles. The molecule has 27 heavy (non-hydrogen) atoms. The molecule has 2 rings (SSSR count). The Labute approximate surface area is 165 Å². The van der Waals surface area contributed by atoms with Crippen molar-refractivity contribution in [3.8, 4) is 0 Å². The van der Waals surface area contributed by atoms with E-state index in [0.29, 0.717) is 16.5 Å². The Morgan fingerprint density at radius 1 is 1.11 bits per heavy atom. The fourth-order valence-corrected chi connectivity index (χ4v) is 4.09. The van der Waals surface area contributed by atoms with Crippen LogP contribution in [0, 0.1) is 11.6 Å². The van der Waals surface area contributed by atoms with E-state index < -0.39 is 21.7 Å². The Morgan fingerprint density at radius 2 is 1.78 bits per heavy atom. The van der Waals surface area contributed by atoms with Crippen LogP contribution in [-0.2, 0) is 21.4 Å². The predicted octanol–water partition coefficient (Wildman–Crippen LogP) is 3.44. The molecule has 0 unspecified atom stereocenters. The highest BCUT2D eigenvalue weighted by molar-refractivity contribution is 9.10. The monoisotopic (exact) mass is 460 g/mol. The summed E-state index contributed by atoms with van der Waals surface area (Å²) in [7, 11) is -2.33. The van der Waals surface area contributed by atoms with E-state index in [0.717, 1.165) is 16.4 Å². The summed E-state index contributed by atoms with van der Waals surface area (Å²) in [5, 5.41) is 2.67. The molecule has 2 aromatic carbocycles. The molecule has 9 heteroatoms. The molecule has 5 nitrogen and oxygen atoms in total. The highest BCUT2D eigenvalue weighted by Gasteiger charge is 2.20. The van der Waals surface area contributed by atoms with Crippen molar-refractivity contribution < 1.29 is 22.0 Å². The normalized spacial score (nSPS) is 11.6. The van der Waals surface area contributed by atoms with E-state index in [4.69, 9.17) is 0 Å². The number of hydrogen-bond donors (Lipinski definition) is 1. The minimum absolute atomic E-state index is 0.00691. The van der Waals surface area contributed by atoms with Gasteiger partial charge in [0, 0.05) is 31.0 Å². The van der Waals surface area contributed by atoms with Crippen molar-refractivity contribution in [2.45, 2.75) is 24.3 Å². The first-order chi connectivity index (χ1) is 12.7. The van der Waals surface area contributed by atoms with Gasteiger partial charge in [0.1, 0.15) is 11.6 Å². The summed E-state index contributed by atoms with van der Waals surface area (Å²) in [6, 6.07) is 8.91. The van der Waals surface area contributed by atoms with Gasteiger partial charge in [0.2, 0.25) is 15.9 Å². The Morgan fingerprint density at radius 3 is 2.41 bits per heavy atom. The third-order valence-corrected chi connectivity index (χ3v) is 6.14. The number of amides is 1. The Kier molecular flexibility index (Phi) is 7.46. The third-order valence-electron chi connectivity index (χ3n) is 3.81. The van der Waals surface area contributed by atoms with Crippen LogP contribution in [0.4, 0.5) is 8.78 Å². The standard InChI is InChI=1S/C18H19BrF2N2O3S/c1-23(27(25,26)17-6-4-15(20)5-7-17)8-2-3-18(24)22-12-13-9-14(19)11-16(21)10-13/h4-7,9-11H,2-3,8,12H2,1H3,(H,22,24). The number of carbonyl (C=O) groups is 1. The maximum absolute atomic E-state index is 13.3. The minimum Gasteiger partial charge on any atom is -0.352 e. The lowest BCUT2D eigenvalue weighted by molar-refractivity contribution is -0.121. The molecular formula is C18H19BrF2N2O3S. The van der Waals surface area contributed by atoms with Gasteiger partial charge in [-0.1, -0.05) is 15.9 Å². The molecule has 0 heterocycles. The van der Waals surface area contributed by atoms with Crippen LogP contribution in [-0.4, -0.2) is 32.2 Å². The van der Waals surface area contributed by atoms with Crippen LogP contribution in [0.3, 0.4) is 0 Å². The van der Waals surface area contributed by atoms with Crippen molar-refractivity contribution >= 4 is 31.9 Å². The number of sulfonamides is 1. The molecule has 0 aromatic heterocycles. The van der Waals surface area contributed by atoms with Gasteiger partial charge in [-0.3, -0.25) is 4.79 Å². The van der Waals surface area contributed by atoms with Crippen LogP contribution in [0.15, 0.2) is 51.8 Å². The van der Waals surface area contributed by atoms with Crippen LogP contribution >= 0.6 is 15.9 Å². The third kappa shape index (κ3) is 6.37. The molecule has 0 saturated heterocycles. The summed E-state index contributed by atoms with van der Waals surface area (Å²) < 4.78 is 52.6. The Bertz CT molecular complexity index is 885. The number of rotatable bonds is 8. The zero-order valence-corrected chi connectivity index (χ0v) is 17.0. The first-order valence-electron chi connectivity index (χ1n) is 8.12. The van der Waals surface area contributed by atoms with Crippen LogP contribution in [0.1, 0.15) is 18.4 Å². The van der Waals surface area contributed by atoms with Gasteiger partial charge < -0.3 is 5.32 Å². The maximum Gasteiger partial charge on any atom is 0.242 e. The van der Waals surface area contributed by atoms with E-state index in [9.17, 15) is 22.0 Å². The highest BCUT2D eigenvalue weighted by atomic mass is 79.9.